The number of para-hydroxylation sites is 1. The minimum Gasteiger partial charge on any atom is -0.368 e. The number of amides is 1. The summed E-state index contributed by atoms with van der Waals surface area (Å²) < 4.78 is 1.37. The average Bonchev–Trinajstić information content (AvgIpc) is 2.70. The van der Waals surface area contributed by atoms with E-state index in [4.69, 9.17) is 5.73 Å². The molecule has 158 valence electrons. The van der Waals surface area contributed by atoms with Crippen LogP contribution in [0.5, 0.6) is 0 Å². The van der Waals surface area contributed by atoms with Gasteiger partial charge >= 0.3 is 0 Å². The maximum atomic E-state index is 12.9. The van der Waals surface area contributed by atoms with Gasteiger partial charge in [0, 0.05) is 6.04 Å². The van der Waals surface area contributed by atoms with Gasteiger partial charge < -0.3 is 11.1 Å². The number of hydrogen-bond acceptors (Lipinski definition) is 4. The Kier molecular flexibility index (Phi) is 6.67. The van der Waals surface area contributed by atoms with Crippen molar-refractivity contribution in [2.75, 3.05) is 0 Å². The van der Waals surface area contributed by atoms with E-state index >= 15 is 0 Å². The van der Waals surface area contributed by atoms with Crippen molar-refractivity contribution in [2.45, 2.75) is 52.7 Å². The van der Waals surface area contributed by atoms with E-state index in [1.807, 2.05) is 6.07 Å². The zero-order chi connectivity index (χ0) is 21.8. The molecule has 0 saturated heterocycles. The summed E-state index contributed by atoms with van der Waals surface area (Å²) in [5, 5.41) is 4.01. The van der Waals surface area contributed by atoms with Gasteiger partial charge in [0.2, 0.25) is 5.91 Å². The molecule has 3 rings (SSSR count). The van der Waals surface area contributed by atoms with Gasteiger partial charge in [0.1, 0.15) is 12.4 Å². The molecule has 3 N–H and O–H groups in total. The topological polar surface area (TPSA) is 90.0 Å². The summed E-state index contributed by atoms with van der Waals surface area (Å²) in [7, 11) is 0. The second-order valence-electron chi connectivity index (χ2n) is 8.33. The van der Waals surface area contributed by atoms with Crippen LogP contribution in [0.15, 0.2) is 53.3 Å². The summed E-state index contributed by atoms with van der Waals surface area (Å²) >= 11 is 0. The number of rotatable bonds is 8. The van der Waals surface area contributed by atoms with Gasteiger partial charge in [-0.2, -0.15) is 0 Å². The Hall–Kier alpha value is -2.99. The van der Waals surface area contributed by atoms with Crippen LogP contribution in [0.25, 0.3) is 10.9 Å². The van der Waals surface area contributed by atoms with Crippen molar-refractivity contribution in [2.24, 2.45) is 11.7 Å². The first kappa shape index (κ1) is 21.7. The Morgan fingerprint density at radius 2 is 1.67 bits per heavy atom. The molecule has 6 nitrogen and oxygen atoms in total. The second kappa shape index (κ2) is 9.22. The van der Waals surface area contributed by atoms with Crippen LogP contribution in [0.3, 0.4) is 0 Å². The SMILES string of the molecule is CC(C)c1ccc([C@@H](NCc2nc3ccccc3c(=O)n2CC(N)=O)C(C)C)cc1. The van der Waals surface area contributed by atoms with Gasteiger partial charge in [-0.15, -0.1) is 0 Å². The number of primary amides is 1. The van der Waals surface area contributed by atoms with E-state index in [0.29, 0.717) is 35.1 Å². The van der Waals surface area contributed by atoms with Gasteiger partial charge in [-0.1, -0.05) is 64.1 Å². The van der Waals surface area contributed by atoms with Gasteiger partial charge in [-0.05, 0) is 35.1 Å². The standard InChI is InChI=1S/C24H30N4O2/c1-15(2)17-9-11-18(12-10-17)23(16(3)4)26-13-22-27-20-8-6-5-7-19(20)24(30)28(22)14-21(25)29/h5-12,15-16,23,26H,13-14H2,1-4H3,(H2,25,29)/t23-/m0/s1. The van der Waals surface area contributed by atoms with E-state index in [0.717, 1.165) is 0 Å². The highest BCUT2D eigenvalue weighted by Gasteiger charge is 2.18. The first-order valence-corrected chi connectivity index (χ1v) is 10.4. The summed E-state index contributed by atoms with van der Waals surface area (Å²) in [5.41, 5.74) is 8.23. The third kappa shape index (κ3) is 4.76. The van der Waals surface area contributed by atoms with Crippen molar-refractivity contribution < 1.29 is 4.79 Å². The molecule has 0 aliphatic carbocycles. The zero-order valence-electron chi connectivity index (χ0n) is 18.1. The van der Waals surface area contributed by atoms with Gasteiger partial charge in [-0.3, -0.25) is 14.2 Å². The Labute approximate surface area is 177 Å². The lowest BCUT2D eigenvalue weighted by Crippen LogP contribution is -2.34. The van der Waals surface area contributed by atoms with Crippen LogP contribution in [0.2, 0.25) is 0 Å². The van der Waals surface area contributed by atoms with Crippen LogP contribution in [0, 0.1) is 5.92 Å². The van der Waals surface area contributed by atoms with E-state index in [-0.39, 0.29) is 18.1 Å². The number of nitrogens with zero attached hydrogens (tertiary/aromatic N) is 2. The number of benzene rings is 2. The molecule has 0 radical (unpaired) electrons. The Bertz CT molecular complexity index is 1080. The van der Waals surface area contributed by atoms with Crippen molar-refractivity contribution in [3.05, 3.63) is 75.8 Å². The molecular weight excluding hydrogens is 376 g/mol. The van der Waals surface area contributed by atoms with Crippen LogP contribution in [0.1, 0.15) is 56.6 Å². The first-order chi connectivity index (χ1) is 14.3. The van der Waals surface area contributed by atoms with Crippen molar-refractivity contribution in [1.29, 1.82) is 0 Å². The lowest BCUT2D eigenvalue weighted by atomic mass is 9.93. The number of hydrogen-bond donors (Lipinski definition) is 2. The van der Waals surface area contributed by atoms with Crippen molar-refractivity contribution in [3.8, 4) is 0 Å². The highest BCUT2D eigenvalue weighted by atomic mass is 16.2. The van der Waals surface area contributed by atoms with E-state index in [1.54, 1.807) is 18.2 Å². The number of fused-ring (bicyclic) bond motifs is 1. The number of carbonyl (C=O) groups is 1. The second-order valence-corrected chi connectivity index (χ2v) is 8.33. The lowest BCUT2D eigenvalue weighted by molar-refractivity contribution is -0.118. The number of nitrogens with one attached hydrogen (secondary N) is 1. The molecule has 0 fully saturated rings. The van der Waals surface area contributed by atoms with Crippen LogP contribution < -0.4 is 16.6 Å². The highest BCUT2D eigenvalue weighted by molar-refractivity contribution is 5.78. The summed E-state index contributed by atoms with van der Waals surface area (Å²) in [6, 6.07) is 15.9. The van der Waals surface area contributed by atoms with Crippen molar-refractivity contribution >= 4 is 16.8 Å². The fraction of sp³-hybridized carbons (Fsp3) is 0.375. The van der Waals surface area contributed by atoms with Crippen LogP contribution in [-0.2, 0) is 17.9 Å². The number of nitrogens with two attached hydrogens (primary N) is 1. The van der Waals surface area contributed by atoms with Gasteiger partial charge in [0.05, 0.1) is 17.4 Å². The fourth-order valence-corrected chi connectivity index (χ4v) is 3.70. The Balaban J connectivity index is 1.93. The maximum Gasteiger partial charge on any atom is 0.261 e. The summed E-state index contributed by atoms with van der Waals surface area (Å²) in [6.07, 6.45) is 0. The van der Waals surface area contributed by atoms with Crippen LogP contribution in [0.4, 0.5) is 0 Å². The largest absolute Gasteiger partial charge is 0.368 e. The summed E-state index contributed by atoms with van der Waals surface area (Å²) in [6.45, 7) is 8.81. The molecule has 0 aliphatic rings. The minimum absolute atomic E-state index is 0.0802. The minimum atomic E-state index is -0.569. The van der Waals surface area contributed by atoms with E-state index in [9.17, 15) is 9.59 Å². The van der Waals surface area contributed by atoms with E-state index in [2.05, 4.69) is 62.3 Å². The molecular formula is C24H30N4O2. The molecule has 30 heavy (non-hydrogen) atoms. The molecule has 0 spiro atoms. The van der Waals surface area contributed by atoms with Crippen LogP contribution in [-0.4, -0.2) is 15.5 Å². The summed E-state index contributed by atoms with van der Waals surface area (Å²) in [4.78, 5) is 29.1. The third-order valence-electron chi connectivity index (χ3n) is 5.36. The maximum absolute atomic E-state index is 12.9. The van der Waals surface area contributed by atoms with Gasteiger partial charge in [-0.25, -0.2) is 4.98 Å². The molecule has 1 amide bonds. The van der Waals surface area contributed by atoms with Crippen molar-refractivity contribution in [3.63, 3.8) is 0 Å². The molecule has 0 unspecified atom stereocenters. The monoisotopic (exact) mass is 406 g/mol. The first-order valence-electron chi connectivity index (χ1n) is 10.4. The van der Waals surface area contributed by atoms with Crippen molar-refractivity contribution in [1.82, 2.24) is 14.9 Å². The quantitative estimate of drug-likeness (QED) is 0.599. The molecule has 1 atom stereocenters. The molecule has 0 aliphatic heterocycles. The average molecular weight is 407 g/mol. The predicted molar refractivity (Wildman–Crippen MR) is 120 cm³/mol. The number of aromatic nitrogens is 2. The van der Waals surface area contributed by atoms with E-state index < -0.39 is 5.91 Å². The highest BCUT2D eigenvalue weighted by Crippen LogP contribution is 2.24. The van der Waals surface area contributed by atoms with Crippen LogP contribution >= 0.6 is 0 Å². The third-order valence-corrected chi connectivity index (χ3v) is 5.36. The Morgan fingerprint density at radius 1 is 1.03 bits per heavy atom. The molecule has 0 saturated carbocycles. The predicted octanol–water partition coefficient (Wildman–Crippen LogP) is 3.49. The molecule has 6 heteroatoms. The molecule has 1 heterocycles. The molecule has 3 aromatic rings. The normalized spacial score (nSPS) is 12.6. The Morgan fingerprint density at radius 3 is 2.27 bits per heavy atom. The molecule has 1 aromatic heterocycles. The molecule has 2 aromatic carbocycles. The smallest absolute Gasteiger partial charge is 0.261 e. The zero-order valence-corrected chi connectivity index (χ0v) is 18.1. The molecule has 0 bridgehead atoms. The fourth-order valence-electron chi connectivity index (χ4n) is 3.70. The lowest BCUT2D eigenvalue weighted by Gasteiger charge is -2.24. The van der Waals surface area contributed by atoms with E-state index in [1.165, 1.54) is 15.7 Å². The van der Waals surface area contributed by atoms with Gasteiger partial charge in [0.25, 0.3) is 5.56 Å². The van der Waals surface area contributed by atoms with Gasteiger partial charge in [0.15, 0.2) is 0 Å². The summed E-state index contributed by atoms with van der Waals surface area (Å²) in [5.74, 6) is 0.739. The number of carbonyl (C=O) groups excluding carboxylic acids is 1.